The molecule has 0 spiro atoms. The maximum absolute atomic E-state index is 13.5. The van der Waals surface area contributed by atoms with E-state index in [4.69, 9.17) is 9.47 Å². The van der Waals surface area contributed by atoms with Crippen molar-refractivity contribution in [2.75, 3.05) is 46.3 Å². The van der Waals surface area contributed by atoms with Crippen LogP contribution in [0, 0.1) is 12.8 Å². The summed E-state index contributed by atoms with van der Waals surface area (Å²) in [6, 6.07) is 12.8. The number of likely N-dealkylation sites (N-methyl/N-ethyl adjacent to an activating group) is 1. The SMILES string of the molecule is COC(OC)C1C[C@@H](C(=O)N(C)C)N(C(=O)NCc2ccc(C(=O)N3CCCCc4ccccc43)cc2C)C1. The molecular formula is C30H40N4O5. The predicted octanol–water partition coefficient (Wildman–Crippen LogP) is 3.59. The summed E-state index contributed by atoms with van der Waals surface area (Å²) in [6.07, 6.45) is 2.98. The standard InChI is InChI=1S/C30H40N4O5/c1-20-16-22(27(35)33-15-9-8-11-21-10-6-7-12-25(21)33)13-14-23(20)18-31-30(37)34-19-24(29(38-4)39-5)17-26(34)28(36)32(2)3/h6-7,10,12-14,16,24,26,29H,8-9,11,15,17-19H2,1-5H3,(H,31,37)/t24?,26-/m0/s1. The average Bonchev–Trinajstić information content (AvgIpc) is 3.26. The molecule has 2 aliphatic heterocycles. The molecule has 210 valence electrons. The Morgan fingerprint density at radius 3 is 2.51 bits per heavy atom. The molecule has 1 N–H and O–H groups in total. The lowest BCUT2D eigenvalue weighted by molar-refractivity contribution is -0.136. The molecule has 1 unspecified atom stereocenters. The smallest absolute Gasteiger partial charge is 0.318 e. The number of ether oxygens (including phenoxy) is 2. The molecule has 2 aliphatic rings. The fourth-order valence-corrected chi connectivity index (χ4v) is 5.66. The van der Waals surface area contributed by atoms with Gasteiger partial charge in [-0.25, -0.2) is 4.79 Å². The lowest BCUT2D eigenvalue weighted by atomic mass is 10.0. The van der Waals surface area contributed by atoms with E-state index in [2.05, 4.69) is 11.4 Å². The quantitative estimate of drug-likeness (QED) is 0.547. The Balaban J connectivity index is 1.45. The third-order valence-corrected chi connectivity index (χ3v) is 7.79. The Kier molecular flexibility index (Phi) is 9.24. The van der Waals surface area contributed by atoms with Gasteiger partial charge in [0.2, 0.25) is 5.91 Å². The van der Waals surface area contributed by atoms with Crippen molar-refractivity contribution in [2.24, 2.45) is 5.92 Å². The van der Waals surface area contributed by atoms with E-state index in [-0.39, 0.29) is 30.3 Å². The van der Waals surface area contributed by atoms with E-state index in [9.17, 15) is 14.4 Å². The number of hydrogen-bond donors (Lipinski definition) is 1. The van der Waals surface area contributed by atoms with Gasteiger partial charge in [-0.2, -0.15) is 0 Å². The topological polar surface area (TPSA) is 91.4 Å². The number of carbonyl (C=O) groups is 3. The van der Waals surface area contributed by atoms with E-state index in [1.165, 1.54) is 10.5 Å². The van der Waals surface area contributed by atoms with Crippen LogP contribution in [-0.2, 0) is 27.2 Å². The minimum absolute atomic E-state index is 0.0120. The van der Waals surface area contributed by atoms with Gasteiger partial charge in [0.25, 0.3) is 5.91 Å². The number of hydrogen-bond acceptors (Lipinski definition) is 5. The summed E-state index contributed by atoms with van der Waals surface area (Å²) in [5.41, 5.74) is 4.65. The molecule has 2 aromatic rings. The number of rotatable bonds is 7. The molecule has 0 aliphatic carbocycles. The molecular weight excluding hydrogens is 496 g/mol. The average molecular weight is 537 g/mol. The van der Waals surface area contributed by atoms with Gasteiger partial charge in [0.15, 0.2) is 6.29 Å². The van der Waals surface area contributed by atoms with Crippen molar-refractivity contribution in [1.82, 2.24) is 15.1 Å². The predicted molar refractivity (Wildman–Crippen MR) is 150 cm³/mol. The van der Waals surface area contributed by atoms with Gasteiger partial charge >= 0.3 is 6.03 Å². The highest BCUT2D eigenvalue weighted by molar-refractivity contribution is 6.06. The number of urea groups is 1. The monoisotopic (exact) mass is 536 g/mol. The zero-order chi connectivity index (χ0) is 28.1. The first-order chi connectivity index (χ1) is 18.7. The molecule has 0 saturated carbocycles. The number of carbonyl (C=O) groups excluding carboxylic acids is 3. The zero-order valence-electron chi connectivity index (χ0n) is 23.6. The van der Waals surface area contributed by atoms with Gasteiger partial charge in [-0.05, 0) is 67.5 Å². The van der Waals surface area contributed by atoms with Gasteiger partial charge < -0.3 is 29.5 Å². The second kappa shape index (κ2) is 12.6. The Morgan fingerprint density at radius 1 is 1.08 bits per heavy atom. The van der Waals surface area contributed by atoms with Crippen molar-refractivity contribution in [1.29, 1.82) is 0 Å². The maximum atomic E-state index is 13.5. The molecule has 39 heavy (non-hydrogen) atoms. The minimum atomic E-state index is -0.588. The molecule has 1 saturated heterocycles. The Labute approximate surface area is 231 Å². The second-order valence-electron chi connectivity index (χ2n) is 10.6. The van der Waals surface area contributed by atoms with E-state index in [0.717, 1.165) is 36.1 Å². The van der Waals surface area contributed by atoms with Crippen LogP contribution in [0.5, 0.6) is 0 Å². The Hall–Kier alpha value is -3.43. The number of anilines is 1. The summed E-state index contributed by atoms with van der Waals surface area (Å²) in [5.74, 6) is -0.259. The molecule has 2 aromatic carbocycles. The number of benzene rings is 2. The highest BCUT2D eigenvalue weighted by Crippen LogP contribution is 2.30. The Morgan fingerprint density at radius 2 is 1.82 bits per heavy atom. The summed E-state index contributed by atoms with van der Waals surface area (Å²) < 4.78 is 10.8. The lowest BCUT2D eigenvalue weighted by Gasteiger charge is -2.26. The number of nitrogens with zero attached hydrogens (tertiary/aromatic N) is 3. The van der Waals surface area contributed by atoms with Gasteiger partial charge in [0, 0.05) is 65.1 Å². The fraction of sp³-hybridized carbons (Fsp3) is 0.500. The van der Waals surface area contributed by atoms with Crippen LogP contribution in [0.3, 0.4) is 0 Å². The van der Waals surface area contributed by atoms with Crippen LogP contribution in [0.1, 0.15) is 46.3 Å². The Bertz CT molecular complexity index is 1200. The molecule has 2 heterocycles. The van der Waals surface area contributed by atoms with Crippen LogP contribution < -0.4 is 10.2 Å². The van der Waals surface area contributed by atoms with Crippen molar-refractivity contribution in [3.05, 3.63) is 64.7 Å². The number of aryl methyl sites for hydroxylation is 2. The highest BCUT2D eigenvalue weighted by atomic mass is 16.7. The van der Waals surface area contributed by atoms with Crippen LogP contribution in [0.2, 0.25) is 0 Å². The number of likely N-dealkylation sites (tertiary alicyclic amines) is 1. The molecule has 0 radical (unpaired) electrons. The highest BCUT2D eigenvalue weighted by Gasteiger charge is 2.43. The van der Waals surface area contributed by atoms with Crippen molar-refractivity contribution < 1.29 is 23.9 Å². The first-order valence-electron chi connectivity index (χ1n) is 13.6. The van der Waals surface area contributed by atoms with Gasteiger partial charge in [-0.1, -0.05) is 24.3 Å². The summed E-state index contributed by atoms with van der Waals surface area (Å²) in [4.78, 5) is 44.6. The van der Waals surface area contributed by atoms with E-state index >= 15 is 0 Å². The second-order valence-corrected chi connectivity index (χ2v) is 10.6. The molecule has 9 nitrogen and oxygen atoms in total. The van der Waals surface area contributed by atoms with Crippen molar-refractivity contribution in [3.63, 3.8) is 0 Å². The summed E-state index contributed by atoms with van der Waals surface area (Å²) in [7, 11) is 6.49. The molecule has 0 bridgehead atoms. The zero-order valence-corrected chi connectivity index (χ0v) is 23.6. The maximum Gasteiger partial charge on any atom is 0.318 e. The molecule has 9 heteroatoms. The van der Waals surface area contributed by atoms with Gasteiger partial charge in [-0.15, -0.1) is 0 Å². The molecule has 4 rings (SSSR count). The van der Waals surface area contributed by atoms with Crippen LogP contribution in [0.25, 0.3) is 0 Å². The molecule has 4 amide bonds. The third kappa shape index (κ3) is 6.25. The van der Waals surface area contributed by atoms with Crippen molar-refractivity contribution in [3.8, 4) is 0 Å². The third-order valence-electron chi connectivity index (χ3n) is 7.79. The summed E-state index contributed by atoms with van der Waals surface area (Å²) in [6.45, 7) is 3.28. The number of fused-ring (bicyclic) bond motifs is 1. The molecule has 0 aromatic heterocycles. The first-order valence-corrected chi connectivity index (χ1v) is 13.6. The van der Waals surface area contributed by atoms with Crippen molar-refractivity contribution in [2.45, 2.75) is 51.5 Å². The van der Waals surface area contributed by atoms with E-state index in [1.807, 2.05) is 48.2 Å². The van der Waals surface area contributed by atoms with E-state index < -0.39 is 12.3 Å². The van der Waals surface area contributed by atoms with Gasteiger partial charge in [-0.3, -0.25) is 9.59 Å². The van der Waals surface area contributed by atoms with Crippen LogP contribution in [-0.4, -0.2) is 81.4 Å². The van der Waals surface area contributed by atoms with E-state index in [1.54, 1.807) is 33.2 Å². The van der Waals surface area contributed by atoms with Crippen LogP contribution in [0.15, 0.2) is 42.5 Å². The number of nitrogens with one attached hydrogen (secondary N) is 1. The minimum Gasteiger partial charge on any atom is -0.356 e. The molecule has 2 atom stereocenters. The van der Waals surface area contributed by atoms with Crippen LogP contribution in [0.4, 0.5) is 10.5 Å². The normalized spacial score (nSPS) is 19.0. The largest absolute Gasteiger partial charge is 0.356 e. The lowest BCUT2D eigenvalue weighted by Crippen LogP contribution is -2.49. The summed E-state index contributed by atoms with van der Waals surface area (Å²) in [5, 5.41) is 2.97. The number of amides is 4. The molecule has 1 fully saturated rings. The summed E-state index contributed by atoms with van der Waals surface area (Å²) >= 11 is 0. The number of methoxy groups -OCH3 is 2. The van der Waals surface area contributed by atoms with Crippen LogP contribution >= 0.6 is 0 Å². The first kappa shape index (κ1) is 28.6. The van der Waals surface area contributed by atoms with E-state index in [0.29, 0.717) is 25.1 Å². The van der Waals surface area contributed by atoms with Gasteiger partial charge in [0.05, 0.1) is 0 Å². The fourth-order valence-electron chi connectivity index (χ4n) is 5.66. The van der Waals surface area contributed by atoms with Gasteiger partial charge in [0.1, 0.15) is 6.04 Å². The van der Waals surface area contributed by atoms with Crippen molar-refractivity contribution >= 4 is 23.5 Å². The number of para-hydroxylation sites is 1.